The van der Waals surface area contributed by atoms with Gasteiger partial charge in [-0.25, -0.2) is 15.0 Å². The van der Waals surface area contributed by atoms with Gasteiger partial charge in [-0.05, 0) is 32.1 Å². The van der Waals surface area contributed by atoms with Crippen molar-refractivity contribution in [1.29, 1.82) is 0 Å². The average molecular weight is 630 g/mol. The molecule has 2 rings (SSSR count). The second kappa shape index (κ2) is 24.9. The molecule has 258 valence electrons. The maximum atomic E-state index is 12.1. The second-order valence-corrected chi connectivity index (χ2v) is 14.0. The van der Waals surface area contributed by atoms with Crippen LogP contribution in [0.2, 0.25) is 0 Å². The van der Waals surface area contributed by atoms with E-state index in [1.807, 2.05) is 4.57 Å². The predicted octanol–water partition coefficient (Wildman–Crippen LogP) is 9.41. The van der Waals surface area contributed by atoms with Gasteiger partial charge in [-0.15, -0.1) is 0 Å². The fourth-order valence-corrected chi connectivity index (χ4v) is 6.26. The Balaban J connectivity index is 1.30. The number of nitrogens with two attached hydrogens (primary N) is 1. The van der Waals surface area contributed by atoms with Crippen molar-refractivity contribution >= 4 is 23.0 Å². The lowest BCUT2D eigenvalue weighted by atomic mass is 10.0. The number of nitrogen functional groups attached to an aromatic ring is 1. The zero-order chi connectivity index (χ0) is 32.4. The minimum atomic E-state index is -0.180. The van der Waals surface area contributed by atoms with Gasteiger partial charge in [0.1, 0.15) is 11.8 Å². The van der Waals surface area contributed by atoms with Crippen LogP contribution in [0, 0.1) is 0 Å². The molecule has 2 aromatic heterocycles. The summed E-state index contributed by atoms with van der Waals surface area (Å²) in [7, 11) is 4.85. The van der Waals surface area contributed by atoms with E-state index in [2.05, 4.69) is 36.0 Å². The van der Waals surface area contributed by atoms with Gasteiger partial charge in [0.2, 0.25) is 0 Å². The first-order valence-corrected chi connectivity index (χ1v) is 18.8. The van der Waals surface area contributed by atoms with Gasteiger partial charge < -0.3 is 19.5 Å². The van der Waals surface area contributed by atoms with E-state index in [0.717, 1.165) is 12.8 Å². The van der Waals surface area contributed by atoms with E-state index >= 15 is 0 Å². The van der Waals surface area contributed by atoms with Crippen molar-refractivity contribution < 1.29 is 14.0 Å². The summed E-state index contributed by atoms with van der Waals surface area (Å²) in [5.74, 6) is 0.172. The Morgan fingerprint density at radius 3 is 1.67 bits per heavy atom. The standard InChI is InChI=1S/C37H69N6O2/c1-4-5-6-7-8-9-10-11-12-13-15-18-21-24-29-43(2,3)30-25-22-19-16-14-17-20-23-26-31-45-34(44)27-28-42-33-41-35-36(38)39-32-40-37(35)42/h32-33H,4-31H2,1-3H3,(H2,38,39,40)/q+1. The number of aromatic nitrogens is 4. The third kappa shape index (κ3) is 19.1. The molecular weight excluding hydrogens is 560 g/mol. The summed E-state index contributed by atoms with van der Waals surface area (Å²) in [5.41, 5.74) is 7.03. The number of fused-ring (bicyclic) bond motifs is 1. The highest BCUT2D eigenvalue weighted by Crippen LogP contribution is 2.16. The first kappa shape index (κ1) is 39.0. The van der Waals surface area contributed by atoms with Crippen LogP contribution in [0.25, 0.3) is 11.2 Å². The number of imidazole rings is 1. The third-order valence-corrected chi connectivity index (χ3v) is 9.27. The van der Waals surface area contributed by atoms with E-state index in [4.69, 9.17) is 10.5 Å². The quantitative estimate of drug-likeness (QED) is 0.0525. The van der Waals surface area contributed by atoms with E-state index in [1.54, 1.807) is 6.33 Å². The number of esters is 1. The largest absolute Gasteiger partial charge is 0.466 e. The smallest absolute Gasteiger partial charge is 0.307 e. The molecule has 0 fully saturated rings. The number of hydrogen-bond donors (Lipinski definition) is 1. The highest BCUT2D eigenvalue weighted by atomic mass is 16.5. The van der Waals surface area contributed by atoms with Crippen LogP contribution in [0.1, 0.15) is 161 Å². The zero-order valence-corrected chi connectivity index (χ0v) is 29.6. The Kier molecular flexibility index (Phi) is 21.6. The van der Waals surface area contributed by atoms with Gasteiger partial charge in [-0.2, -0.15) is 0 Å². The maximum Gasteiger partial charge on any atom is 0.307 e. The highest BCUT2D eigenvalue weighted by Gasteiger charge is 2.14. The molecule has 45 heavy (non-hydrogen) atoms. The van der Waals surface area contributed by atoms with Gasteiger partial charge in [-0.3, -0.25) is 4.79 Å². The van der Waals surface area contributed by atoms with E-state index in [-0.39, 0.29) is 5.97 Å². The molecule has 8 heteroatoms. The van der Waals surface area contributed by atoms with Crippen LogP contribution in [0.3, 0.4) is 0 Å². The van der Waals surface area contributed by atoms with Gasteiger partial charge in [0.25, 0.3) is 0 Å². The number of anilines is 1. The van der Waals surface area contributed by atoms with Crippen LogP contribution in [-0.2, 0) is 16.1 Å². The van der Waals surface area contributed by atoms with Crippen LogP contribution in [-0.4, -0.2) is 63.8 Å². The number of hydrogen-bond acceptors (Lipinski definition) is 6. The van der Waals surface area contributed by atoms with Crippen LogP contribution >= 0.6 is 0 Å². The molecule has 0 aliphatic heterocycles. The monoisotopic (exact) mass is 630 g/mol. The topological polar surface area (TPSA) is 95.9 Å². The predicted molar refractivity (Wildman–Crippen MR) is 189 cm³/mol. The Morgan fingerprint density at radius 2 is 1.16 bits per heavy atom. The number of carbonyl (C=O) groups excluding carboxylic acids is 1. The lowest BCUT2D eigenvalue weighted by molar-refractivity contribution is -0.890. The van der Waals surface area contributed by atoms with Crippen molar-refractivity contribution in [2.75, 3.05) is 39.5 Å². The molecular formula is C37H69N6O2+. The molecule has 0 saturated heterocycles. The maximum absolute atomic E-state index is 12.1. The SMILES string of the molecule is CCCCCCCCCCCCCCCC[N+](C)(C)CCCCCCCCCCCOC(=O)CCn1cnc2c(N)ncnc21. The number of aryl methyl sites for hydroxylation is 1. The number of rotatable bonds is 30. The van der Waals surface area contributed by atoms with Crippen molar-refractivity contribution in [2.24, 2.45) is 0 Å². The molecule has 0 aliphatic rings. The van der Waals surface area contributed by atoms with Crippen molar-refractivity contribution in [1.82, 2.24) is 19.5 Å². The summed E-state index contributed by atoms with van der Waals surface area (Å²) in [5, 5.41) is 0. The molecule has 0 aromatic carbocycles. The van der Waals surface area contributed by atoms with Crippen LogP contribution in [0.4, 0.5) is 5.82 Å². The number of unbranched alkanes of at least 4 members (excludes halogenated alkanes) is 21. The summed E-state index contributed by atoms with van der Waals surface area (Å²) in [4.78, 5) is 24.5. The molecule has 2 heterocycles. The first-order valence-electron chi connectivity index (χ1n) is 18.8. The number of nitrogens with zero attached hydrogens (tertiary/aromatic N) is 5. The molecule has 0 radical (unpaired) electrons. The van der Waals surface area contributed by atoms with E-state index in [1.165, 1.54) is 159 Å². The first-order chi connectivity index (χ1) is 21.9. The van der Waals surface area contributed by atoms with E-state index < -0.39 is 0 Å². The minimum Gasteiger partial charge on any atom is -0.466 e. The van der Waals surface area contributed by atoms with Crippen molar-refractivity contribution in [2.45, 2.75) is 168 Å². The summed E-state index contributed by atoms with van der Waals surface area (Å²) >= 11 is 0. The van der Waals surface area contributed by atoms with Gasteiger partial charge in [0.15, 0.2) is 11.5 Å². The second-order valence-electron chi connectivity index (χ2n) is 14.0. The highest BCUT2D eigenvalue weighted by molar-refractivity contribution is 5.81. The minimum absolute atomic E-state index is 0.180. The Hall–Kier alpha value is -2.22. The van der Waals surface area contributed by atoms with Crippen LogP contribution in [0.15, 0.2) is 12.7 Å². The molecule has 0 saturated carbocycles. The molecule has 0 amide bonds. The lowest BCUT2D eigenvalue weighted by Crippen LogP contribution is -2.41. The van der Waals surface area contributed by atoms with Crippen molar-refractivity contribution in [3.8, 4) is 0 Å². The van der Waals surface area contributed by atoms with Gasteiger partial charge >= 0.3 is 5.97 Å². The average Bonchev–Trinajstić information content (AvgIpc) is 3.45. The number of quaternary nitrogens is 1. The molecule has 8 nitrogen and oxygen atoms in total. The molecule has 0 atom stereocenters. The fourth-order valence-electron chi connectivity index (χ4n) is 6.26. The summed E-state index contributed by atoms with van der Waals surface area (Å²) in [6.07, 6.45) is 34.8. The summed E-state index contributed by atoms with van der Waals surface area (Å²) < 4.78 is 8.42. The Labute approximate surface area is 275 Å². The normalized spacial score (nSPS) is 11.9. The van der Waals surface area contributed by atoms with Crippen molar-refractivity contribution in [3.63, 3.8) is 0 Å². The summed E-state index contributed by atoms with van der Waals surface area (Å²) in [6.45, 7) is 5.93. The summed E-state index contributed by atoms with van der Waals surface area (Å²) in [6, 6.07) is 0. The Bertz CT molecular complexity index is 1010. The van der Waals surface area contributed by atoms with Gasteiger partial charge in [0.05, 0.1) is 46.5 Å². The number of carbonyl (C=O) groups is 1. The van der Waals surface area contributed by atoms with Crippen LogP contribution < -0.4 is 5.73 Å². The third-order valence-electron chi connectivity index (χ3n) is 9.27. The van der Waals surface area contributed by atoms with Crippen molar-refractivity contribution in [3.05, 3.63) is 12.7 Å². The van der Waals surface area contributed by atoms with Gasteiger partial charge in [-0.1, -0.05) is 122 Å². The molecule has 0 unspecified atom stereocenters. The molecule has 2 N–H and O–H groups in total. The van der Waals surface area contributed by atoms with Gasteiger partial charge in [0, 0.05) is 6.54 Å². The molecule has 0 aliphatic carbocycles. The molecule has 2 aromatic rings. The van der Waals surface area contributed by atoms with E-state index in [0.29, 0.717) is 36.6 Å². The number of ether oxygens (including phenoxy) is 1. The zero-order valence-electron chi connectivity index (χ0n) is 29.6. The lowest BCUT2D eigenvalue weighted by Gasteiger charge is -2.30. The van der Waals surface area contributed by atoms with E-state index in [9.17, 15) is 4.79 Å². The van der Waals surface area contributed by atoms with Crippen LogP contribution in [0.5, 0.6) is 0 Å². The Morgan fingerprint density at radius 1 is 0.689 bits per heavy atom. The molecule has 0 bridgehead atoms. The molecule has 0 spiro atoms. The fraction of sp³-hybridized carbons (Fsp3) is 0.838.